The van der Waals surface area contributed by atoms with Gasteiger partial charge in [0.25, 0.3) is 0 Å². The van der Waals surface area contributed by atoms with Crippen LogP contribution in [0.4, 0.5) is 4.79 Å². The van der Waals surface area contributed by atoms with Crippen molar-refractivity contribution in [1.29, 1.82) is 0 Å². The van der Waals surface area contributed by atoms with E-state index in [1.54, 1.807) is 14.1 Å². The number of nitrogens with zero attached hydrogens (tertiary/aromatic N) is 3. The molecule has 0 radical (unpaired) electrons. The lowest BCUT2D eigenvalue weighted by Crippen LogP contribution is -2.46. The van der Waals surface area contributed by atoms with Gasteiger partial charge in [0.15, 0.2) is 0 Å². The summed E-state index contributed by atoms with van der Waals surface area (Å²) in [5, 5.41) is 0. The summed E-state index contributed by atoms with van der Waals surface area (Å²) in [6.07, 6.45) is 0.187. The minimum Gasteiger partial charge on any atom is -0.385 e. The summed E-state index contributed by atoms with van der Waals surface area (Å²) in [4.78, 5) is 29.8. The molecular formula is C10H18N4O2. The highest BCUT2D eigenvalue weighted by Gasteiger charge is 2.36. The fourth-order valence-corrected chi connectivity index (χ4v) is 1.65. The molecule has 0 saturated carbocycles. The third-order valence-corrected chi connectivity index (χ3v) is 2.55. The van der Waals surface area contributed by atoms with Crippen LogP contribution in [0.1, 0.15) is 20.3 Å². The maximum atomic E-state index is 11.6. The van der Waals surface area contributed by atoms with Crippen molar-refractivity contribution < 1.29 is 9.59 Å². The van der Waals surface area contributed by atoms with E-state index >= 15 is 0 Å². The first-order valence-corrected chi connectivity index (χ1v) is 5.21. The summed E-state index contributed by atoms with van der Waals surface area (Å²) >= 11 is 0. The quantitative estimate of drug-likeness (QED) is 0.737. The summed E-state index contributed by atoms with van der Waals surface area (Å²) in [7, 11) is 3.35. The van der Waals surface area contributed by atoms with Gasteiger partial charge in [0.2, 0.25) is 5.91 Å². The summed E-state index contributed by atoms with van der Waals surface area (Å²) in [6.45, 7) is 3.75. The molecule has 0 aliphatic carbocycles. The van der Waals surface area contributed by atoms with Crippen LogP contribution in [0.15, 0.2) is 4.99 Å². The summed E-state index contributed by atoms with van der Waals surface area (Å²) in [6, 6.07) is -0.774. The maximum Gasteiger partial charge on any atom is 0.346 e. The SMILES string of the molecule is CC(C)N1C(=O)N=C(N)C1CC(=O)N(C)C. The van der Waals surface area contributed by atoms with Gasteiger partial charge >= 0.3 is 6.03 Å². The number of hydrogen-bond donors (Lipinski definition) is 1. The molecular weight excluding hydrogens is 208 g/mol. The number of carbonyl (C=O) groups is 2. The van der Waals surface area contributed by atoms with Crippen LogP contribution in [-0.2, 0) is 4.79 Å². The second-order valence-electron chi connectivity index (χ2n) is 4.33. The molecule has 0 aromatic carbocycles. The molecule has 3 amide bonds. The highest BCUT2D eigenvalue weighted by Crippen LogP contribution is 2.18. The Morgan fingerprint density at radius 1 is 1.56 bits per heavy atom. The maximum absolute atomic E-state index is 11.6. The van der Waals surface area contributed by atoms with E-state index in [2.05, 4.69) is 4.99 Å². The molecule has 0 bridgehead atoms. The number of amides is 3. The topological polar surface area (TPSA) is 79.0 Å². The van der Waals surface area contributed by atoms with Crippen molar-refractivity contribution in [2.75, 3.05) is 14.1 Å². The van der Waals surface area contributed by atoms with Crippen LogP contribution in [0.25, 0.3) is 0 Å². The van der Waals surface area contributed by atoms with Crippen LogP contribution >= 0.6 is 0 Å². The molecule has 0 saturated heterocycles. The van der Waals surface area contributed by atoms with Gasteiger partial charge in [0.05, 0.1) is 6.42 Å². The van der Waals surface area contributed by atoms with Crippen molar-refractivity contribution >= 4 is 17.8 Å². The Balaban J connectivity index is 2.81. The van der Waals surface area contributed by atoms with Crippen molar-refractivity contribution in [3.8, 4) is 0 Å². The van der Waals surface area contributed by atoms with E-state index < -0.39 is 6.04 Å². The molecule has 2 N–H and O–H groups in total. The molecule has 1 rings (SSSR count). The van der Waals surface area contributed by atoms with Crippen molar-refractivity contribution in [1.82, 2.24) is 9.80 Å². The molecule has 0 aromatic rings. The number of hydrogen-bond acceptors (Lipinski definition) is 3. The number of aliphatic imine (C=N–C) groups is 1. The smallest absolute Gasteiger partial charge is 0.346 e. The highest BCUT2D eigenvalue weighted by atomic mass is 16.2. The third-order valence-electron chi connectivity index (χ3n) is 2.55. The Morgan fingerprint density at radius 3 is 2.56 bits per heavy atom. The summed E-state index contributed by atoms with van der Waals surface area (Å²) in [5.41, 5.74) is 5.66. The van der Waals surface area contributed by atoms with Gasteiger partial charge in [-0.25, -0.2) is 4.79 Å². The summed E-state index contributed by atoms with van der Waals surface area (Å²) < 4.78 is 0. The lowest BCUT2D eigenvalue weighted by molar-refractivity contribution is -0.129. The number of amidine groups is 1. The number of nitrogens with two attached hydrogens (primary N) is 1. The Morgan fingerprint density at radius 2 is 2.12 bits per heavy atom. The number of carbonyl (C=O) groups excluding carboxylic acids is 2. The average molecular weight is 226 g/mol. The molecule has 0 aromatic heterocycles. The van der Waals surface area contributed by atoms with Gasteiger partial charge in [0.1, 0.15) is 11.9 Å². The first-order chi connectivity index (χ1) is 7.34. The van der Waals surface area contributed by atoms with E-state index in [-0.39, 0.29) is 30.2 Å². The summed E-state index contributed by atoms with van der Waals surface area (Å²) in [5.74, 6) is 0.164. The Bertz CT molecular complexity index is 336. The van der Waals surface area contributed by atoms with E-state index in [4.69, 9.17) is 5.73 Å². The largest absolute Gasteiger partial charge is 0.385 e. The first-order valence-electron chi connectivity index (χ1n) is 5.21. The molecule has 16 heavy (non-hydrogen) atoms. The van der Waals surface area contributed by atoms with E-state index in [1.165, 1.54) is 9.80 Å². The van der Waals surface area contributed by atoms with Crippen LogP contribution in [-0.4, -0.2) is 53.8 Å². The predicted molar refractivity (Wildman–Crippen MR) is 61.1 cm³/mol. The second kappa shape index (κ2) is 4.51. The van der Waals surface area contributed by atoms with Crippen LogP contribution in [0.3, 0.4) is 0 Å². The zero-order valence-corrected chi connectivity index (χ0v) is 10.1. The van der Waals surface area contributed by atoms with Crippen LogP contribution in [0.5, 0.6) is 0 Å². The molecule has 6 heteroatoms. The van der Waals surface area contributed by atoms with Gasteiger partial charge < -0.3 is 15.5 Å². The van der Waals surface area contributed by atoms with E-state index in [0.29, 0.717) is 0 Å². The van der Waals surface area contributed by atoms with Gasteiger partial charge in [-0.3, -0.25) is 4.79 Å². The van der Waals surface area contributed by atoms with E-state index in [0.717, 1.165) is 0 Å². The molecule has 90 valence electrons. The Kier molecular flexibility index (Phi) is 3.51. The van der Waals surface area contributed by atoms with Gasteiger partial charge in [-0.1, -0.05) is 0 Å². The molecule has 0 fully saturated rings. The van der Waals surface area contributed by atoms with Gasteiger partial charge in [-0.2, -0.15) is 4.99 Å². The minimum absolute atomic E-state index is 0.0164. The fraction of sp³-hybridized carbons (Fsp3) is 0.700. The van der Waals surface area contributed by atoms with Crippen molar-refractivity contribution in [2.24, 2.45) is 10.7 Å². The molecule has 1 atom stereocenters. The Labute approximate surface area is 95.1 Å². The van der Waals surface area contributed by atoms with E-state index in [9.17, 15) is 9.59 Å². The highest BCUT2D eigenvalue weighted by molar-refractivity contribution is 6.04. The predicted octanol–water partition coefficient (Wildman–Crippen LogP) is 0.0345. The van der Waals surface area contributed by atoms with Crippen LogP contribution < -0.4 is 5.73 Å². The van der Waals surface area contributed by atoms with Crippen molar-refractivity contribution in [2.45, 2.75) is 32.4 Å². The molecule has 1 aliphatic heterocycles. The van der Waals surface area contributed by atoms with Gasteiger partial charge in [-0.15, -0.1) is 0 Å². The molecule has 1 heterocycles. The Hall–Kier alpha value is -1.59. The molecule has 0 spiro atoms. The minimum atomic E-state index is -0.401. The van der Waals surface area contributed by atoms with Gasteiger partial charge in [-0.05, 0) is 13.8 Å². The van der Waals surface area contributed by atoms with Crippen molar-refractivity contribution in [3.05, 3.63) is 0 Å². The first kappa shape index (κ1) is 12.5. The lowest BCUT2D eigenvalue weighted by atomic mass is 10.1. The van der Waals surface area contributed by atoms with E-state index in [1.807, 2.05) is 13.8 Å². The average Bonchev–Trinajstić information content (AvgIpc) is 2.41. The van der Waals surface area contributed by atoms with Gasteiger partial charge in [0, 0.05) is 20.1 Å². The third kappa shape index (κ3) is 2.32. The zero-order valence-electron chi connectivity index (χ0n) is 10.1. The normalized spacial score (nSPS) is 20.3. The van der Waals surface area contributed by atoms with Crippen molar-refractivity contribution in [3.63, 3.8) is 0 Å². The monoisotopic (exact) mass is 226 g/mol. The standard InChI is InChI=1S/C10H18N4O2/c1-6(2)14-7(5-8(15)13(3)4)9(11)12-10(14)16/h6-7H,5H2,1-4H3,(H2,11,12,16). The van der Waals surface area contributed by atoms with Crippen LogP contribution in [0.2, 0.25) is 0 Å². The van der Waals surface area contributed by atoms with Crippen LogP contribution in [0, 0.1) is 0 Å². The second-order valence-corrected chi connectivity index (χ2v) is 4.33. The molecule has 1 aliphatic rings. The number of rotatable bonds is 3. The number of urea groups is 1. The zero-order chi connectivity index (χ0) is 12.5. The fourth-order valence-electron chi connectivity index (χ4n) is 1.65. The molecule has 6 nitrogen and oxygen atoms in total. The molecule has 1 unspecified atom stereocenters. The lowest BCUT2D eigenvalue weighted by Gasteiger charge is -2.28.